The number of pyridine rings is 1. The largest absolute Gasteiger partial charge is 0.469 e. The molecule has 0 aromatic carbocycles. The first-order chi connectivity index (χ1) is 14.5. The lowest BCUT2D eigenvalue weighted by molar-refractivity contribution is -0.144. The fraction of sp³-hybridized carbons (Fsp3) is 0.263. The summed E-state index contributed by atoms with van der Waals surface area (Å²) >= 11 is 1.35. The van der Waals surface area contributed by atoms with E-state index in [0.717, 1.165) is 5.56 Å². The second-order valence-corrected chi connectivity index (χ2v) is 7.01. The highest BCUT2D eigenvalue weighted by Crippen LogP contribution is 2.24. The van der Waals surface area contributed by atoms with Gasteiger partial charge in [0.2, 0.25) is 0 Å². The van der Waals surface area contributed by atoms with Crippen molar-refractivity contribution in [2.75, 3.05) is 19.5 Å². The fourth-order valence-corrected chi connectivity index (χ4v) is 3.42. The number of carbonyl (C=O) groups excluding carboxylic acids is 3. The van der Waals surface area contributed by atoms with Gasteiger partial charge in [0, 0.05) is 29.5 Å². The molecule has 3 rings (SSSR count). The first-order valence-electron chi connectivity index (χ1n) is 8.85. The van der Waals surface area contributed by atoms with Crippen molar-refractivity contribution >= 4 is 34.9 Å². The van der Waals surface area contributed by atoms with Gasteiger partial charge in [-0.25, -0.2) is 4.98 Å². The monoisotopic (exact) mass is 429 g/mol. The third-order valence-electron chi connectivity index (χ3n) is 4.16. The molecule has 3 heterocycles. The van der Waals surface area contributed by atoms with Crippen LogP contribution in [0, 0.1) is 0 Å². The van der Waals surface area contributed by atoms with Crippen LogP contribution in [0.2, 0.25) is 0 Å². The predicted octanol–water partition coefficient (Wildman–Crippen LogP) is 2.32. The van der Waals surface area contributed by atoms with E-state index < -0.39 is 23.9 Å². The molecule has 0 radical (unpaired) electrons. The predicted molar refractivity (Wildman–Crippen MR) is 108 cm³/mol. The molecule has 0 spiro atoms. The van der Waals surface area contributed by atoms with Crippen LogP contribution >= 0.6 is 11.3 Å². The first kappa shape index (κ1) is 21.1. The van der Waals surface area contributed by atoms with E-state index >= 15 is 0 Å². The zero-order chi connectivity index (χ0) is 21.5. The molecule has 0 atom stereocenters. The van der Waals surface area contributed by atoms with E-state index in [1.54, 1.807) is 17.8 Å². The number of rotatable bonds is 8. The molecule has 0 saturated heterocycles. The van der Waals surface area contributed by atoms with Gasteiger partial charge in [-0.05, 0) is 12.1 Å². The van der Waals surface area contributed by atoms with Crippen molar-refractivity contribution in [3.8, 4) is 10.6 Å². The van der Waals surface area contributed by atoms with E-state index in [0.29, 0.717) is 10.7 Å². The second-order valence-electron chi connectivity index (χ2n) is 6.15. The number of esters is 2. The minimum Gasteiger partial charge on any atom is -0.469 e. The van der Waals surface area contributed by atoms with Crippen LogP contribution in [0.1, 0.15) is 29.4 Å². The van der Waals surface area contributed by atoms with E-state index in [2.05, 4.69) is 29.9 Å². The molecule has 0 aliphatic heterocycles. The summed E-state index contributed by atoms with van der Waals surface area (Å²) in [6.45, 7) is 0. The molecule has 0 fully saturated rings. The van der Waals surface area contributed by atoms with Crippen molar-refractivity contribution in [1.29, 1.82) is 0 Å². The lowest BCUT2D eigenvalue weighted by atomic mass is 10.1. The number of hydrogen-bond donors (Lipinski definition) is 1. The highest BCUT2D eigenvalue weighted by atomic mass is 32.1. The molecule has 11 heteroatoms. The lowest BCUT2D eigenvalue weighted by Crippen LogP contribution is -2.19. The minimum atomic E-state index is -0.604. The summed E-state index contributed by atoms with van der Waals surface area (Å²) in [7, 11) is 2.53. The molecule has 3 aromatic rings. The van der Waals surface area contributed by atoms with Gasteiger partial charge in [-0.1, -0.05) is 0 Å². The third-order valence-corrected chi connectivity index (χ3v) is 5.05. The third kappa shape index (κ3) is 5.26. The van der Waals surface area contributed by atoms with E-state index in [4.69, 9.17) is 0 Å². The number of methoxy groups -OCH3 is 2. The number of aromatic nitrogens is 4. The summed E-state index contributed by atoms with van der Waals surface area (Å²) in [6.07, 6.45) is 6.14. The van der Waals surface area contributed by atoms with Crippen molar-refractivity contribution < 1.29 is 23.9 Å². The number of hydrogen-bond acceptors (Lipinski definition) is 9. The van der Waals surface area contributed by atoms with Crippen LogP contribution in [0.3, 0.4) is 0 Å². The maximum atomic E-state index is 12.5. The molecule has 1 amide bonds. The number of thiazole rings is 1. The van der Waals surface area contributed by atoms with Gasteiger partial charge in [-0.15, -0.1) is 11.3 Å². The van der Waals surface area contributed by atoms with E-state index in [1.807, 2.05) is 12.1 Å². The van der Waals surface area contributed by atoms with Crippen molar-refractivity contribution in [2.24, 2.45) is 0 Å². The molecule has 0 saturated carbocycles. The summed E-state index contributed by atoms with van der Waals surface area (Å²) in [6, 6.07) is 3.02. The molecule has 0 aliphatic carbocycles. The lowest BCUT2D eigenvalue weighted by Gasteiger charge is -2.15. The topological polar surface area (TPSA) is 125 Å². The van der Waals surface area contributed by atoms with Crippen molar-refractivity contribution in [3.63, 3.8) is 0 Å². The summed E-state index contributed by atoms with van der Waals surface area (Å²) in [5.41, 5.74) is 1.54. The Balaban J connectivity index is 1.70. The van der Waals surface area contributed by atoms with Gasteiger partial charge in [0.05, 0.1) is 45.0 Å². The van der Waals surface area contributed by atoms with Crippen LogP contribution < -0.4 is 5.32 Å². The van der Waals surface area contributed by atoms with Gasteiger partial charge >= 0.3 is 11.9 Å². The summed E-state index contributed by atoms with van der Waals surface area (Å²) < 4.78 is 10.8. The number of nitrogens with zero attached hydrogens (tertiary/aromatic N) is 4. The molecule has 0 bridgehead atoms. The molecular weight excluding hydrogens is 410 g/mol. The Morgan fingerprint density at radius 3 is 2.43 bits per heavy atom. The normalized spacial score (nSPS) is 10.6. The van der Waals surface area contributed by atoms with Gasteiger partial charge in [0.1, 0.15) is 10.7 Å². The molecule has 3 aromatic heterocycles. The smallest absolute Gasteiger partial charge is 0.307 e. The van der Waals surface area contributed by atoms with Crippen molar-refractivity contribution in [2.45, 2.75) is 18.9 Å². The Kier molecular flexibility index (Phi) is 6.86. The van der Waals surface area contributed by atoms with Gasteiger partial charge in [0.15, 0.2) is 0 Å². The van der Waals surface area contributed by atoms with Crippen molar-refractivity contribution in [1.82, 2.24) is 19.7 Å². The number of ether oxygens (including phenoxy) is 2. The van der Waals surface area contributed by atoms with Crippen LogP contribution in [0.5, 0.6) is 0 Å². The molecular formula is C19H19N5O5S. The average Bonchev–Trinajstić information content (AvgIpc) is 3.43. The molecule has 1 N–H and O–H groups in total. The second kappa shape index (κ2) is 9.74. The Hall–Kier alpha value is -3.60. The number of carbonyl (C=O) groups is 3. The highest BCUT2D eigenvalue weighted by Gasteiger charge is 2.22. The zero-order valence-electron chi connectivity index (χ0n) is 16.3. The number of amides is 1. The Morgan fingerprint density at radius 2 is 1.80 bits per heavy atom. The maximum Gasteiger partial charge on any atom is 0.307 e. The van der Waals surface area contributed by atoms with Crippen LogP contribution in [-0.4, -0.2) is 51.8 Å². The molecule has 0 unspecified atom stereocenters. The van der Waals surface area contributed by atoms with E-state index in [-0.39, 0.29) is 18.5 Å². The zero-order valence-corrected chi connectivity index (χ0v) is 17.1. The van der Waals surface area contributed by atoms with Crippen molar-refractivity contribution in [3.05, 3.63) is 48.0 Å². The quantitative estimate of drug-likeness (QED) is 0.541. The van der Waals surface area contributed by atoms with Gasteiger partial charge in [-0.3, -0.25) is 24.0 Å². The van der Waals surface area contributed by atoms with E-state index in [1.165, 1.54) is 42.6 Å². The molecule has 156 valence electrons. The van der Waals surface area contributed by atoms with Crippen LogP contribution in [0.15, 0.2) is 42.3 Å². The first-order valence-corrected chi connectivity index (χ1v) is 9.73. The summed E-state index contributed by atoms with van der Waals surface area (Å²) in [5.74, 6) is -1.38. The van der Waals surface area contributed by atoms with Gasteiger partial charge < -0.3 is 14.8 Å². The average molecular weight is 429 g/mol. The van der Waals surface area contributed by atoms with Gasteiger partial charge in [0.25, 0.3) is 5.91 Å². The minimum absolute atomic E-state index is 0.0674. The standard InChI is InChI=1S/C19H19N5O5S/c1-28-16(25)7-14(8-17(26)29-2)24-10-13(9-21-24)22-18(27)15-11-30-19(23-15)12-3-5-20-6-4-12/h3-6,9-11,14H,7-8H2,1-2H3,(H,22,27). The fourth-order valence-electron chi connectivity index (χ4n) is 2.61. The van der Waals surface area contributed by atoms with Crippen LogP contribution in [-0.2, 0) is 19.1 Å². The Labute approximate surface area is 175 Å². The van der Waals surface area contributed by atoms with E-state index in [9.17, 15) is 14.4 Å². The summed E-state index contributed by atoms with van der Waals surface area (Å²) in [4.78, 5) is 44.1. The highest BCUT2D eigenvalue weighted by molar-refractivity contribution is 7.13. The Bertz CT molecular complexity index is 1010. The van der Waals surface area contributed by atoms with Crippen LogP contribution in [0.4, 0.5) is 5.69 Å². The maximum absolute atomic E-state index is 12.5. The summed E-state index contributed by atoms with van der Waals surface area (Å²) in [5, 5.41) is 9.23. The number of nitrogens with one attached hydrogen (secondary N) is 1. The SMILES string of the molecule is COC(=O)CC(CC(=O)OC)n1cc(NC(=O)c2csc(-c3ccncc3)n2)cn1. The molecule has 30 heavy (non-hydrogen) atoms. The van der Waals surface area contributed by atoms with Crippen LogP contribution in [0.25, 0.3) is 10.6 Å². The molecule has 0 aliphatic rings. The number of anilines is 1. The molecule has 10 nitrogen and oxygen atoms in total. The Morgan fingerprint density at radius 1 is 1.13 bits per heavy atom. The van der Waals surface area contributed by atoms with Gasteiger partial charge in [-0.2, -0.15) is 5.10 Å².